The largest absolute Gasteiger partial charge is 0.496 e. The summed E-state index contributed by atoms with van der Waals surface area (Å²) in [4.78, 5) is 1.09. The lowest BCUT2D eigenvalue weighted by Crippen LogP contribution is -1.87. The van der Waals surface area contributed by atoms with Gasteiger partial charge in [-0.15, -0.1) is 11.8 Å². The topological polar surface area (TPSA) is 9.23 Å². The van der Waals surface area contributed by atoms with Crippen molar-refractivity contribution in [1.82, 2.24) is 0 Å². The SMILES string of the molecule is COc1ccccc1-c1ccc(SC)c(Cl)c1. The van der Waals surface area contributed by atoms with Crippen LogP contribution in [0.3, 0.4) is 0 Å². The van der Waals surface area contributed by atoms with Crippen LogP contribution in [-0.4, -0.2) is 13.4 Å². The van der Waals surface area contributed by atoms with Crippen LogP contribution in [0, 0.1) is 0 Å². The summed E-state index contributed by atoms with van der Waals surface area (Å²) in [6, 6.07) is 14.0. The number of halogens is 1. The molecule has 2 aromatic rings. The fourth-order valence-electron chi connectivity index (χ4n) is 1.72. The highest BCUT2D eigenvalue weighted by atomic mass is 35.5. The van der Waals surface area contributed by atoms with Crippen molar-refractivity contribution in [2.24, 2.45) is 0 Å². The van der Waals surface area contributed by atoms with E-state index in [2.05, 4.69) is 6.07 Å². The maximum Gasteiger partial charge on any atom is 0.126 e. The molecule has 0 fully saturated rings. The van der Waals surface area contributed by atoms with E-state index in [1.807, 2.05) is 42.7 Å². The van der Waals surface area contributed by atoms with E-state index in [9.17, 15) is 0 Å². The number of methoxy groups -OCH3 is 1. The van der Waals surface area contributed by atoms with Crippen molar-refractivity contribution in [2.75, 3.05) is 13.4 Å². The predicted octanol–water partition coefficient (Wildman–Crippen LogP) is 4.74. The van der Waals surface area contributed by atoms with Gasteiger partial charge in [0.15, 0.2) is 0 Å². The number of para-hydroxylation sites is 1. The van der Waals surface area contributed by atoms with Gasteiger partial charge in [0, 0.05) is 10.5 Å². The Labute approximate surface area is 111 Å². The molecule has 0 saturated carbocycles. The summed E-state index contributed by atoms with van der Waals surface area (Å²) >= 11 is 7.86. The summed E-state index contributed by atoms with van der Waals surface area (Å²) in [6.07, 6.45) is 2.02. The van der Waals surface area contributed by atoms with Gasteiger partial charge in [-0.25, -0.2) is 0 Å². The van der Waals surface area contributed by atoms with Crippen molar-refractivity contribution >= 4 is 23.4 Å². The summed E-state index contributed by atoms with van der Waals surface area (Å²) in [7, 11) is 1.68. The maximum absolute atomic E-state index is 6.21. The van der Waals surface area contributed by atoms with Gasteiger partial charge in [0.1, 0.15) is 5.75 Å². The van der Waals surface area contributed by atoms with Crippen molar-refractivity contribution < 1.29 is 4.74 Å². The van der Waals surface area contributed by atoms with Gasteiger partial charge in [-0.3, -0.25) is 0 Å². The number of hydrogen-bond donors (Lipinski definition) is 0. The smallest absolute Gasteiger partial charge is 0.126 e. The third kappa shape index (κ3) is 2.59. The summed E-state index contributed by atoms with van der Waals surface area (Å²) in [6.45, 7) is 0. The Kier molecular flexibility index (Phi) is 3.97. The van der Waals surface area contributed by atoms with Crippen LogP contribution in [0.2, 0.25) is 5.02 Å². The zero-order valence-corrected chi connectivity index (χ0v) is 11.3. The van der Waals surface area contributed by atoms with Crippen molar-refractivity contribution in [3.8, 4) is 16.9 Å². The first-order valence-corrected chi connectivity index (χ1v) is 6.83. The molecule has 3 heteroatoms. The van der Waals surface area contributed by atoms with Gasteiger partial charge in [-0.1, -0.05) is 35.9 Å². The second kappa shape index (κ2) is 5.48. The van der Waals surface area contributed by atoms with E-state index >= 15 is 0 Å². The first-order chi connectivity index (χ1) is 8.26. The molecule has 0 bridgehead atoms. The first kappa shape index (κ1) is 12.3. The molecule has 0 aliphatic carbocycles. The van der Waals surface area contributed by atoms with Gasteiger partial charge in [0.25, 0.3) is 0 Å². The highest BCUT2D eigenvalue weighted by Crippen LogP contribution is 2.34. The monoisotopic (exact) mass is 264 g/mol. The second-order valence-corrected chi connectivity index (χ2v) is 4.80. The summed E-state index contributed by atoms with van der Waals surface area (Å²) in [5.74, 6) is 0.862. The molecule has 2 aromatic carbocycles. The Morgan fingerprint density at radius 3 is 2.53 bits per heavy atom. The molecule has 0 unspecified atom stereocenters. The summed E-state index contributed by atoms with van der Waals surface area (Å²) < 4.78 is 5.35. The van der Waals surface area contributed by atoms with E-state index in [-0.39, 0.29) is 0 Å². The molecule has 17 heavy (non-hydrogen) atoms. The normalized spacial score (nSPS) is 10.3. The van der Waals surface area contributed by atoms with E-state index in [4.69, 9.17) is 16.3 Å². The lowest BCUT2D eigenvalue weighted by atomic mass is 10.0. The van der Waals surface area contributed by atoms with Gasteiger partial charge in [-0.05, 0) is 30.0 Å². The third-order valence-corrected chi connectivity index (χ3v) is 3.79. The minimum Gasteiger partial charge on any atom is -0.496 e. The van der Waals surface area contributed by atoms with E-state index in [1.54, 1.807) is 18.9 Å². The standard InChI is InChI=1S/C14H13ClOS/c1-16-13-6-4-3-5-11(13)10-7-8-14(17-2)12(15)9-10/h3-9H,1-2H3. The molecule has 0 saturated heterocycles. The lowest BCUT2D eigenvalue weighted by Gasteiger charge is -2.09. The molecule has 0 spiro atoms. The Hall–Kier alpha value is -1.12. The van der Waals surface area contributed by atoms with Crippen molar-refractivity contribution in [2.45, 2.75) is 4.90 Å². The van der Waals surface area contributed by atoms with Gasteiger partial charge in [0.05, 0.1) is 12.1 Å². The van der Waals surface area contributed by atoms with Crippen LogP contribution in [0.25, 0.3) is 11.1 Å². The van der Waals surface area contributed by atoms with Crippen molar-refractivity contribution in [3.63, 3.8) is 0 Å². The molecular weight excluding hydrogens is 252 g/mol. The zero-order chi connectivity index (χ0) is 12.3. The predicted molar refractivity (Wildman–Crippen MR) is 75.2 cm³/mol. The fraction of sp³-hybridized carbons (Fsp3) is 0.143. The third-order valence-electron chi connectivity index (χ3n) is 2.57. The number of rotatable bonds is 3. The Morgan fingerprint density at radius 1 is 1.12 bits per heavy atom. The molecule has 1 nitrogen and oxygen atoms in total. The van der Waals surface area contributed by atoms with Crippen LogP contribution >= 0.6 is 23.4 Å². The van der Waals surface area contributed by atoms with Crippen LogP contribution in [0.1, 0.15) is 0 Å². The molecule has 0 atom stereocenters. The lowest BCUT2D eigenvalue weighted by molar-refractivity contribution is 0.416. The second-order valence-electron chi connectivity index (χ2n) is 3.55. The minimum atomic E-state index is 0.779. The van der Waals surface area contributed by atoms with Crippen LogP contribution in [0.4, 0.5) is 0 Å². The summed E-state index contributed by atoms with van der Waals surface area (Å²) in [5, 5.41) is 0.779. The van der Waals surface area contributed by atoms with Gasteiger partial charge < -0.3 is 4.74 Å². The number of ether oxygens (including phenoxy) is 1. The molecule has 0 aliphatic rings. The van der Waals surface area contributed by atoms with E-state index in [0.29, 0.717) is 0 Å². The molecule has 0 radical (unpaired) electrons. The highest BCUT2D eigenvalue weighted by Gasteiger charge is 2.07. The first-order valence-electron chi connectivity index (χ1n) is 5.23. The molecule has 0 N–H and O–H groups in total. The highest BCUT2D eigenvalue weighted by molar-refractivity contribution is 7.98. The average Bonchev–Trinajstić information content (AvgIpc) is 2.38. The van der Waals surface area contributed by atoms with E-state index in [1.165, 1.54) is 0 Å². The Balaban J connectivity index is 2.49. The fourth-order valence-corrected chi connectivity index (χ4v) is 2.59. The number of benzene rings is 2. The minimum absolute atomic E-state index is 0.779. The Morgan fingerprint density at radius 2 is 1.88 bits per heavy atom. The van der Waals surface area contributed by atoms with Crippen molar-refractivity contribution in [1.29, 1.82) is 0 Å². The zero-order valence-electron chi connectivity index (χ0n) is 9.74. The van der Waals surface area contributed by atoms with Crippen LogP contribution < -0.4 is 4.74 Å². The van der Waals surface area contributed by atoms with Crippen LogP contribution in [0.5, 0.6) is 5.75 Å². The van der Waals surface area contributed by atoms with Crippen molar-refractivity contribution in [3.05, 3.63) is 47.5 Å². The molecule has 2 rings (SSSR count). The van der Waals surface area contributed by atoms with Gasteiger partial charge in [0.2, 0.25) is 0 Å². The molecule has 0 aromatic heterocycles. The molecular formula is C14H13ClOS. The maximum atomic E-state index is 6.21. The van der Waals surface area contributed by atoms with Gasteiger partial charge in [-0.2, -0.15) is 0 Å². The summed E-state index contributed by atoms with van der Waals surface area (Å²) in [5.41, 5.74) is 2.13. The average molecular weight is 265 g/mol. The van der Waals surface area contributed by atoms with Crippen LogP contribution in [0.15, 0.2) is 47.4 Å². The van der Waals surface area contributed by atoms with E-state index in [0.717, 1.165) is 26.8 Å². The molecule has 0 amide bonds. The van der Waals surface area contributed by atoms with Gasteiger partial charge >= 0.3 is 0 Å². The quantitative estimate of drug-likeness (QED) is 0.741. The number of thioether (sulfide) groups is 1. The molecule has 0 aliphatic heterocycles. The Bertz CT molecular complexity index is 525. The van der Waals surface area contributed by atoms with Crippen LogP contribution in [-0.2, 0) is 0 Å². The molecule has 0 heterocycles. The molecule has 88 valence electrons. The van der Waals surface area contributed by atoms with E-state index < -0.39 is 0 Å². The number of hydrogen-bond acceptors (Lipinski definition) is 2.